The normalized spacial score (nSPS) is 18.9. The molecule has 0 radical (unpaired) electrons. The number of pyridine rings is 1. The van der Waals surface area contributed by atoms with Gasteiger partial charge in [0.2, 0.25) is 5.88 Å². The summed E-state index contributed by atoms with van der Waals surface area (Å²) in [6.07, 6.45) is -0.859. The Morgan fingerprint density at radius 3 is 3.05 bits per heavy atom. The summed E-state index contributed by atoms with van der Waals surface area (Å²) >= 11 is 0. The second-order valence-corrected chi connectivity index (χ2v) is 5.01. The van der Waals surface area contributed by atoms with Crippen LogP contribution in [0.25, 0.3) is 0 Å². The van der Waals surface area contributed by atoms with Crippen LogP contribution in [-0.4, -0.2) is 53.6 Å². The second-order valence-electron chi connectivity index (χ2n) is 5.01. The summed E-state index contributed by atoms with van der Waals surface area (Å²) in [5.74, 6) is -0.173. The fourth-order valence-electron chi connectivity index (χ4n) is 2.32. The maximum atomic E-state index is 12.3. The van der Waals surface area contributed by atoms with Crippen molar-refractivity contribution in [1.82, 2.24) is 9.88 Å². The van der Waals surface area contributed by atoms with Gasteiger partial charge in [-0.25, -0.2) is 13.8 Å². The Bertz CT molecular complexity index is 485. The molecule has 0 saturated carbocycles. The van der Waals surface area contributed by atoms with E-state index in [1.807, 2.05) is 0 Å². The zero-order chi connectivity index (χ0) is 15.2. The van der Waals surface area contributed by atoms with E-state index in [0.717, 1.165) is 12.8 Å². The molecule has 2 heterocycles. The minimum absolute atomic E-state index is 0.0110. The summed E-state index contributed by atoms with van der Waals surface area (Å²) in [6, 6.07) is 4.51. The third-order valence-corrected chi connectivity index (χ3v) is 3.36. The van der Waals surface area contributed by atoms with Gasteiger partial charge in [0, 0.05) is 25.8 Å². The van der Waals surface area contributed by atoms with E-state index in [-0.39, 0.29) is 30.0 Å². The van der Waals surface area contributed by atoms with E-state index < -0.39 is 13.0 Å². The Balaban J connectivity index is 2.03. The van der Waals surface area contributed by atoms with Crippen molar-refractivity contribution in [3.63, 3.8) is 0 Å². The highest BCUT2D eigenvalue weighted by Gasteiger charge is 2.25. The van der Waals surface area contributed by atoms with Crippen LogP contribution in [0, 0.1) is 5.92 Å². The number of nitrogens with zero attached hydrogens (tertiary/aromatic N) is 2. The van der Waals surface area contributed by atoms with Crippen LogP contribution in [0.15, 0.2) is 18.2 Å². The maximum Gasteiger partial charge on any atom is 0.272 e. The zero-order valence-corrected chi connectivity index (χ0v) is 11.5. The number of aromatic nitrogens is 1. The molecular formula is C14H18F2N2O3. The summed E-state index contributed by atoms with van der Waals surface area (Å²) in [5, 5.41) is 9.18. The molecule has 0 aliphatic carbocycles. The van der Waals surface area contributed by atoms with Crippen molar-refractivity contribution in [1.29, 1.82) is 0 Å². The first kappa shape index (κ1) is 15.6. The summed E-state index contributed by atoms with van der Waals surface area (Å²) < 4.78 is 29.0. The predicted octanol–water partition coefficient (Wildman–Crippen LogP) is 1.57. The Morgan fingerprint density at radius 1 is 1.52 bits per heavy atom. The highest BCUT2D eigenvalue weighted by atomic mass is 19.3. The van der Waals surface area contributed by atoms with Gasteiger partial charge in [0.1, 0.15) is 5.69 Å². The monoisotopic (exact) mass is 300 g/mol. The highest BCUT2D eigenvalue weighted by Crippen LogP contribution is 2.18. The first-order chi connectivity index (χ1) is 10.1. The molecule has 1 aliphatic heterocycles. The number of aliphatic hydroxyl groups excluding tert-OH is 1. The van der Waals surface area contributed by atoms with E-state index in [9.17, 15) is 18.7 Å². The van der Waals surface area contributed by atoms with Crippen LogP contribution in [0.1, 0.15) is 23.3 Å². The number of ether oxygens (including phenoxy) is 1. The van der Waals surface area contributed by atoms with Crippen LogP contribution in [0.3, 0.4) is 0 Å². The molecule has 7 heteroatoms. The van der Waals surface area contributed by atoms with Gasteiger partial charge < -0.3 is 14.7 Å². The second kappa shape index (κ2) is 7.31. The molecule has 5 nitrogen and oxygen atoms in total. The lowest BCUT2D eigenvalue weighted by Crippen LogP contribution is -2.41. The quantitative estimate of drug-likeness (QED) is 0.896. The molecule has 21 heavy (non-hydrogen) atoms. The number of hydrogen-bond donors (Lipinski definition) is 1. The molecule has 0 aromatic carbocycles. The molecule has 1 aromatic heterocycles. The van der Waals surface area contributed by atoms with Gasteiger partial charge >= 0.3 is 0 Å². The average molecular weight is 300 g/mol. The minimum atomic E-state index is -2.58. The maximum absolute atomic E-state index is 12.3. The fourth-order valence-corrected chi connectivity index (χ4v) is 2.32. The van der Waals surface area contributed by atoms with E-state index in [2.05, 4.69) is 4.98 Å². The smallest absolute Gasteiger partial charge is 0.272 e. The SMILES string of the molecule is O=C(c1cccc(OCC(F)F)n1)N1CCCC(CO)C1. The molecule has 0 spiro atoms. The van der Waals surface area contributed by atoms with Crippen molar-refractivity contribution >= 4 is 5.91 Å². The van der Waals surface area contributed by atoms with Gasteiger partial charge in [-0.1, -0.05) is 6.07 Å². The zero-order valence-electron chi connectivity index (χ0n) is 11.5. The lowest BCUT2D eigenvalue weighted by Gasteiger charge is -2.31. The summed E-state index contributed by atoms with van der Waals surface area (Å²) in [4.78, 5) is 17.9. The number of piperidine rings is 1. The van der Waals surface area contributed by atoms with Crippen LogP contribution in [-0.2, 0) is 0 Å². The molecule has 1 N–H and O–H groups in total. The molecule has 1 amide bonds. The molecule has 116 valence electrons. The molecule has 1 atom stereocenters. The van der Waals surface area contributed by atoms with Gasteiger partial charge in [0.05, 0.1) is 0 Å². The lowest BCUT2D eigenvalue weighted by atomic mass is 9.99. The lowest BCUT2D eigenvalue weighted by molar-refractivity contribution is 0.0611. The first-order valence-corrected chi connectivity index (χ1v) is 6.88. The number of likely N-dealkylation sites (tertiary alicyclic amines) is 1. The van der Waals surface area contributed by atoms with E-state index >= 15 is 0 Å². The van der Waals surface area contributed by atoms with Crippen molar-refractivity contribution in [2.24, 2.45) is 5.92 Å². The van der Waals surface area contributed by atoms with Crippen molar-refractivity contribution in [3.8, 4) is 5.88 Å². The van der Waals surface area contributed by atoms with Crippen LogP contribution in [0.5, 0.6) is 5.88 Å². The van der Waals surface area contributed by atoms with Crippen LogP contribution in [0.4, 0.5) is 8.78 Å². The third-order valence-electron chi connectivity index (χ3n) is 3.36. The van der Waals surface area contributed by atoms with Crippen molar-refractivity contribution < 1.29 is 23.4 Å². The standard InChI is InChI=1S/C14H18F2N2O3/c15-12(16)9-21-13-5-1-4-11(17-13)14(20)18-6-2-3-10(7-18)8-19/h1,4-5,10,12,19H,2-3,6-9H2. The topological polar surface area (TPSA) is 62.7 Å². The fraction of sp³-hybridized carbons (Fsp3) is 0.571. The average Bonchev–Trinajstić information content (AvgIpc) is 2.52. The Labute approximate surface area is 121 Å². The van der Waals surface area contributed by atoms with E-state index in [1.54, 1.807) is 11.0 Å². The Morgan fingerprint density at radius 2 is 2.33 bits per heavy atom. The molecule has 1 saturated heterocycles. The number of aliphatic hydroxyl groups is 1. The van der Waals surface area contributed by atoms with Crippen LogP contribution < -0.4 is 4.74 Å². The number of halogens is 2. The molecule has 1 aliphatic rings. The van der Waals surface area contributed by atoms with Gasteiger partial charge in [-0.3, -0.25) is 4.79 Å². The highest BCUT2D eigenvalue weighted by molar-refractivity contribution is 5.92. The van der Waals surface area contributed by atoms with Gasteiger partial charge in [-0.15, -0.1) is 0 Å². The number of hydrogen-bond acceptors (Lipinski definition) is 4. The minimum Gasteiger partial charge on any atom is -0.472 e. The summed E-state index contributed by atoms with van der Waals surface area (Å²) in [5.41, 5.74) is 0.167. The molecule has 1 fully saturated rings. The van der Waals surface area contributed by atoms with Gasteiger partial charge in [-0.05, 0) is 24.8 Å². The molecule has 1 aromatic rings. The van der Waals surface area contributed by atoms with Gasteiger partial charge in [0.15, 0.2) is 6.61 Å². The summed E-state index contributed by atoms with van der Waals surface area (Å²) in [6.45, 7) is 0.397. The Hall–Kier alpha value is -1.76. The van der Waals surface area contributed by atoms with Gasteiger partial charge in [0.25, 0.3) is 12.3 Å². The number of carbonyl (C=O) groups excluding carboxylic acids is 1. The number of rotatable bonds is 5. The molecule has 2 rings (SSSR count). The van der Waals surface area contributed by atoms with E-state index in [4.69, 9.17) is 4.74 Å². The largest absolute Gasteiger partial charge is 0.472 e. The molecule has 0 bridgehead atoms. The van der Waals surface area contributed by atoms with E-state index in [1.165, 1.54) is 12.1 Å². The van der Waals surface area contributed by atoms with Crippen LogP contribution in [0.2, 0.25) is 0 Å². The van der Waals surface area contributed by atoms with E-state index in [0.29, 0.717) is 13.1 Å². The molecular weight excluding hydrogens is 282 g/mol. The number of alkyl halides is 2. The van der Waals surface area contributed by atoms with Crippen LogP contribution >= 0.6 is 0 Å². The van der Waals surface area contributed by atoms with Gasteiger partial charge in [-0.2, -0.15) is 0 Å². The third kappa shape index (κ3) is 4.35. The number of carbonyl (C=O) groups is 1. The molecule has 1 unspecified atom stereocenters. The van der Waals surface area contributed by atoms with Crippen molar-refractivity contribution in [3.05, 3.63) is 23.9 Å². The number of amides is 1. The van der Waals surface area contributed by atoms with Crippen molar-refractivity contribution in [2.45, 2.75) is 19.3 Å². The predicted molar refractivity (Wildman–Crippen MR) is 71.4 cm³/mol. The summed E-state index contributed by atoms with van der Waals surface area (Å²) in [7, 11) is 0. The first-order valence-electron chi connectivity index (χ1n) is 6.88. The van der Waals surface area contributed by atoms with Crippen molar-refractivity contribution in [2.75, 3.05) is 26.3 Å². The Kier molecular flexibility index (Phi) is 5.44.